The number of piperidine rings is 1. The van der Waals surface area contributed by atoms with Crippen LogP contribution in [-0.2, 0) is 21.1 Å². The van der Waals surface area contributed by atoms with Crippen molar-refractivity contribution in [2.75, 3.05) is 19.6 Å². The lowest BCUT2D eigenvalue weighted by molar-refractivity contribution is -0.0317. The van der Waals surface area contributed by atoms with Gasteiger partial charge in [-0.15, -0.1) is 14.5 Å². The molecule has 0 saturated carbocycles. The third-order valence-corrected chi connectivity index (χ3v) is 5.24. The number of nitrogens with zero attached hydrogens (tertiary/aromatic N) is 4. The topological polar surface area (TPSA) is 138 Å². The molecule has 0 spiro atoms. The van der Waals surface area contributed by atoms with Crippen LogP contribution in [0.5, 0.6) is 0 Å². The van der Waals surface area contributed by atoms with Gasteiger partial charge in [0.1, 0.15) is 6.04 Å². The van der Waals surface area contributed by atoms with Crippen LogP contribution in [0.2, 0.25) is 0 Å². The number of urea groups is 1. The Hall–Kier alpha value is -1.76. The Bertz CT molecular complexity index is 761. The molecule has 138 valence electrons. The minimum absolute atomic E-state index is 0.281. The molecule has 0 aliphatic carbocycles. The highest BCUT2D eigenvalue weighted by molar-refractivity contribution is 7.80. The number of nitrogens with one attached hydrogen (secondary N) is 1. The van der Waals surface area contributed by atoms with Crippen LogP contribution in [0.1, 0.15) is 37.1 Å². The van der Waals surface area contributed by atoms with Gasteiger partial charge in [-0.05, 0) is 38.3 Å². The van der Waals surface area contributed by atoms with E-state index in [1.165, 1.54) is 4.90 Å². The number of hydroxylamine groups is 2. The van der Waals surface area contributed by atoms with Gasteiger partial charge in [0.05, 0.1) is 6.04 Å². The maximum absolute atomic E-state index is 12.4. The summed E-state index contributed by atoms with van der Waals surface area (Å²) in [5.74, 6) is 1.36. The molecule has 3 aliphatic rings. The van der Waals surface area contributed by atoms with E-state index in [1.807, 2.05) is 0 Å². The van der Waals surface area contributed by atoms with E-state index in [2.05, 4.69) is 19.8 Å². The number of rotatable bonds is 5. The largest absolute Gasteiger partial charge is 0.423 e. The van der Waals surface area contributed by atoms with E-state index in [1.54, 1.807) is 0 Å². The summed E-state index contributed by atoms with van der Waals surface area (Å²) in [6.07, 6.45) is 2.82. The lowest BCUT2D eigenvalue weighted by atomic mass is 10.0. The average molecular weight is 373 g/mol. The number of hydrogen-bond donors (Lipinski definition) is 2. The molecule has 0 aromatic carbocycles. The number of amides is 2. The van der Waals surface area contributed by atoms with Crippen molar-refractivity contribution in [1.29, 1.82) is 0 Å². The summed E-state index contributed by atoms with van der Waals surface area (Å²) in [6.45, 7) is 2.19. The van der Waals surface area contributed by atoms with Crippen molar-refractivity contribution < 1.29 is 26.5 Å². The molecule has 2 N–H and O–H groups in total. The molecule has 3 saturated heterocycles. The van der Waals surface area contributed by atoms with Gasteiger partial charge in [0.25, 0.3) is 0 Å². The van der Waals surface area contributed by atoms with Crippen LogP contribution in [0.4, 0.5) is 4.79 Å². The first-order valence-corrected chi connectivity index (χ1v) is 9.57. The Labute approximate surface area is 144 Å². The van der Waals surface area contributed by atoms with Crippen LogP contribution < -0.4 is 5.32 Å². The van der Waals surface area contributed by atoms with Crippen molar-refractivity contribution in [3.63, 3.8) is 0 Å². The van der Waals surface area contributed by atoms with Crippen LogP contribution in [-0.4, -0.2) is 64.8 Å². The van der Waals surface area contributed by atoms with E-state index in [0.29, 0.717) is 42.0 Å². The molecule has 2 amide bonds. The molecule has 4 rings (SSSR count). The molecule has 11 nitrogen and oxygen atoms in total. The zero-order valence-corrected chi connectivity index (χ0v) is 14.2. The standard InChI is InChI=1S/C13H19N5O6S/c19-13-17-7-9(18(13)24-25(20,21)22)1-2-10(17)12-16-15-11(23-12)5-8-3-4-14-6-8/h8-10,14H,1-7H2,(H,20,21,22)/t8?,9-,10+/m1/s1. The van der Waals surface area contributed by atoms with Gasteiger partial charge in [-0.25, -0.2) is 4.79 Å². The molecule has 3 atom stereocenters. The number of aromatic nitrogens is 2. The van der Waals surface area contributed by atoms with E-state index >= 15 is 0 Å². The summed E-state index contributed by atoms with van der Waals surface area (Å²) >= 11 is 0. The second kappa shape index (κ2) is 6.20. The van der Waals surface area contributed by atoms with E-state index < -0.39 is 28.5 Å². The van der Waals surface area contributed by atoms with Crippen LogP contribution in [0.15, 0.2) is 4.42 Å². The predicted molar refractivity (Wildman–Crippen MR) is 81.3 cm³/mol. The molecule has 3 aliphatic heterocycles. The maximum atomic E-state index is 12.4. The van der Waals surface area contributed by atoms with Gasteiger partial charge in [-0.1, -0.05) is 0 Å². The van der Waals surface area contributed by atoms with Crippen molar-refractivity contribution in [2.24, 2.45) is 5.92 Å². The molecule has 1 aromatic rings. The fraction of sp³-hybridized carbons (Fsp3) is 0.769. The van der Waals surface area contributed by atoms with Crippen molar-refractivity contribution >= 4 is 16.4 Å². The fourth-order valence-electron chi connectivity index (χ4n) is 3.71. The van der Waals surface area contributed by atoms with Gasteiger partial charge in [-0.3, -0.25) is 4.55 Å². The van der Waals surface area contributed by atoms with Gasteiger partial charge < -0.3 is 14.6 Å². The summed E-state index contributed by atoms with van der Waals surface area (Å²) < 4.78 is 40.8. The maximum Gasteiger partial charge on any atom is 0.418 e. The van der Waals surface area contributed by atoms with Crippen LogP contribution in [0.3, 0.4) is 0 Å². The quantitative estimate of drug-likeness (QED) is 0.677. The molecule has 1 unspecified atom stereocenters. The van der Waals surface area contributed by atoms with Crippen molar-refractivity contribution in [2.45, 2.75) is 37.8 Å². The number of carbonyl (C=O) groups is 1. The second-order valence-electron chi connectivity index (χ2n) is 6.61. The minimum atomic E-state index is -4.75. The van der Waals surface area contributed by atoms with Gasteiger partial charge in [0, 0.05) is 13.0 Å². The number of fused-ring (bicyclic) bond motifs is 2. The Morgan fingerprint density at radius 1 is 1.32 bits per heavy atom. The molecule has 4 heterocycles. The molecule has 12 heteroatoms. The van der Waals surface area contributed by atoms with Crippen molar-refractivity contribution in [3.8, 4) is 0 Å². The average Bonchev–Trinajstić information content (AvgIpc) is 3.26. The molecule has 25 heavy (non-hydrogen) atoms. The number of carbonyl (C=O) groups excluding carboxylic acids is 1. The van der Waals surface area contributed by atoms with Gasteiger partial charge >= 0.3 is 16.4 Å². The monoisotopic (exact) mass is 373 g/mol. The Morgan fingerprint density at radius 2 is 2.16 bits per heavy atom. The van der Waals surface area contributed by atoms with E-state index in [9.17, 15) is 13.2 Å². The highest BCUT2D eigenvalue weighted by Gasteiger charge is 2.49. The molecule has 1 aromatic heterocycles. The lowest BCUT2D eigenvalue weighted by Gasteiger charge is -2.27. The van der Waals surface area contributed by atoms with E-state index in [-0.39, 0.29) is 6.54 Å². The summed E-state index contributed by atoms with van der Waals surface area (Å²) in [5, 5.41) is 12.1. The van der Waals surface area contributed by atoms with Crippen LogP contribution in [0.25, 0.3) is 0 Å². The fourth-order valence-corrected chi connectivity index (χ4v) is 4.10. The zero-order valence-electron chi connectivity index (χ0n) is 13.4. The van der Waals surface area contributed by atoms with E-state index in [0.717, 1.165) is 19.5 Å². The summed E-state index contributed by atoms with van der Waals surface area (Å²) in [7, 11) is -4.75. The van der Waals surface area contributed by atoms with E-state index in [4.69, 9.17) is 8.97 Å². The van der Waals surface area contributed by atoms with Gasteiger partial charge in [0.15, 0.2) is 0 Å². The zero-order chi connectivity index (χ0) is 17.6. The first kappa shape index (κ1) is 16.7. The van der Waals surface area contributed by atoms with Gasteiger partial charge in [0.2, 0.25) is 11.8 Å². The summed E-state index contributed by atoms with van der Waals surface area (Å²) in [5.41, 5.74) is 0. The smallest absolute Gasteiger partial charge is 0.418 e. The van der Waals surface area contributed by atoms with Crippen LogP contribution >= 0.6 is 0 Å². The highest BCUT2D eigenvalue weighted by Crippen LogP contribution is 2.38. The molecule has 0 radical (unpaired) electrons. The normalized spacial score (nSPS) is 29.6. The van der Waals surface area contributed by atoms with Crippen LogP contribution in [0, 0.1) is 5.92 Å². The molecule has 3 fully saturated rings. The lowest BCUT2D eigenvalue weighted by Crippen LogP contribution is -2.35. The first-order chi connectivity index (χ1) is 11.9. The Balaban J connectivity index is 1.47. The van der Waals surface area contributed by atoms with Crippen molar-refractivity contribution in [3.05, 3.63) is 11.8 Å². The molecular weight excluding hydrogens is 354 g/mol. The Morgan fingerprint density at radius 3 is 2.88 bits per heavy atom. The second-order valence-corrected chi connectivity index (χ2v) is 7.61. The third kappa shape index (κ3) is 3.34. The minimum Gasteiger partial charge on any atom is -0.423 e. The SMILES string of the molecule is O=C1N2C[C@@H](CC[C@H]2c2nnc(CC3CCNC3)o2)N1OS(=O)(=O)O. The number of hydrogen-bond acceptors (Lipinski definition) is 8. The third-order valence-electron chi connectivity index (χ3n) is 4.89. The summed E-state index contributed by atoms with van der Waals surface area (Å²) in [4.78, 5) is 13.8. The van der Waals surface area contributed by atoms with Crippen molar-refractivity contribution in [1.82, 2.24) is 25.5 Å². The Kier molecular flexibility index (Phi) is 4.14. The first-order valence-electron chi connectivity index (χ1n) is 8.20. The highest BCUT2D eigenvalue weighted by atomic mass is 32.3. The molecule has 2 bridgehead atoms. The summed E-state index contributed by atoms with van der Waals surface area (Å²) in [6, 6.07) is -1.48. The molecular formula is C13H19N5O6S. The van der Waals surface area contributed by atoms with Gasteiger partial charge in [-0.2, -0.15) is 13.5 Å². The predicted octanol–water partition coefficient (Wildman–Crippen LogP) is -0.103.